The summed E-state index contributed by atoms with van der Waals surface area (Å²) in [5, 5.41) is 9.25. The average molecular weight is 332 g/mol. The molecule has 0 unspecified atom stereocenters. The van der Waals surface area contributed by atoms with Gasteiger partial charge in [-0.25, -0.2) is 4.99 Å². The van der Waals surface area contributed by atoms with Crippen LogP contribution in [-0.2, 0) is 13.0 Å². The first-order valence-electron chi connectivity index (χ1n) is 8.75. The molecule has 2 aromatic carbocycles. The molecule has 25 heavy (non-hydrogen) atoms. The number of hydrogen-bond acceptors (Lipinski definition) is 2. The number of nitrogens with zero attached hydrogens (tertiary/aromatic N) is 2. The third kappa shape index (κ3) is 5.05. The molecule has 0 saturated carbocycles. The molecule has 4 nitrogen and oxygen atoms in total. The Kier molecular flexibility index (Phi) is 5.99. The molecule has 0 saturated heterocycles. The van der Waals surface area contributed by atoms with Gasteiger partial charge in [-0.15, -0.1) is 0 Å². The molecule has 0 bridgehead atoms. The summed E-state index contributed by atoms with van der Waals surface area (Å²) in [6.07, 6.45) is 2.75. The van der Waals surface area contributed by atoms with Crippen LogP contribution in [0.2, 0.25) is 0 Å². The van der Waals surface area contributed by atoms with E-state index in [4.69, 9.17) is 0 Å². The maximum Gasteiger partial charge on any atom is 0.191 e. The van der Waals surface area contributed by atoms with E-state index < -0.39 is 0 Å². The van der Waals surface area contributed by atoms with Crippen LogP contribution in [0.1, 0.15) is 18.2 Å². The minimum Gasteiger partial charge on any atom is -0.357 e. The van der Waals surface area contributed by atoms with Gasteiger partial charge in [-0.2, -0.15) is 0 Å². The van der Waals surface area contributed by atoms with Crippen molar-refractivity contribution >= 4 is 16.7 Å². The monoisotopic (exact) mass is 332 g/mol. The highest BCUT2D eigenvalue weighted by molar-refractivity contribution is 5.83. The molecular weight excluding hydrogens is 308 g/mol. The number of pyridine rings is 1. The zero-order valence-electron chi connectivity index (χ0n) is 14.6. The number of hydrogen-bond donors (Lipinski definition) is 2. The van der Waals surface area contributed by atoms with Crippen molar-refractivity contribution < 1.29 is 0 Å². The highest BCUT2D eigenvalue weighted by atomic mass is 15.2. The van der Waals surface area contributed by atoms with Crippen molar-refractivity contribution in [3.05, 3.63) is 78.1 Å². The Bertz CT molecular complexity index is 827. The van der Waals surface area contributed by atoms with Crippen LogP contribution in [-0.4, -0.2) is 24.0 Å². The van der Waals surface area contributed by atoms with Gasteiger partial charge in [0.05, 0.1) is 12.2 Å². The lowest BCUT2D eigenvalue weighted by Crippen LogP contribution is -2.38. The van der Waals surface area contributed by atoms with Crippen LogP contribution < -0.4 is 10.6 Å². The predicted octanol–water partition coefficient (Wildman–Crippen LogP) is 3.53. The Morgan fingerprint density at radius 2 is 1.80 bits per heavy atom. The minimum atomic E-state index is 0.576. The Morgan fingerprint density at radius 1 is 0.960 bits per heavy atom. The summed E-state index contributed by atoms with van der Waals surface area (Å²) in [6, 6.07) is 21.0. The van der Waals surface area contributed by atoms with Gasteiger partial charge >= 0.3 is 0 Å². The SMILES string of the molecule is CCNC(=NCc1ccccn1)NCCc1ccc2ccccc2c1. The van der Waals surface area contributed by atoms with Crippen molar-refractivity contribution in [3.63, 3.8) is 0 Å². The molecule has 3 rings (SSSR count). The molecule has 2 N–H and O–H groups in total. The number of aliphatic imine (C=N–C) groups is 1. The summed E-state index contributed by atoms with van der Waals surface area (Å²) in [6.45, 7) is 4.32. The van der Waals surface area contributed by atoms with Gasteiger partial charge < -0.3 is 10.6 Å². The van der Waals surface area contributed by atoms with Crippen molar-refractivity contribution in [2.75, 3.05) is 13.1 Å². The molecule has 0 radical (unpaired) electrons. The molecule has 1 heterocycles. The van der Waals surface area contributed by atoms with E-state index in [1.165, 1.54) is 16.3 Å². The van der Waals surface area contributed by atoms with Crippen LogP contribution in [0.15, 0.2) is 71.9 Å². The molecule has 128 valence electrons. The second-order valence-electron chi connectivity index (χ2n) is 5.87. The summed E-state index contributed by atoms with van der Waals surface area (Å²) >= 11 is 0. The minimum absolute atomic E-state index is 0.576. The first-order chi connectivity index (χ1) is 12.3. The van der Waals surface area contributed by atoms with E-state index in [0.29, 0.717) is 6.54 Å². The van der Waals surface area contributed by atoms with E-state index >= 15 is 0 Å². The molecule has 0 atom stereocenters. The number of fused-ring (bicyclic) bond motifs is 1. The Morgan fingerprint density at radius 3 is 2.60 bits per heavy atom. The van der Waals surface area contributed by atoms with Crippen LogP contribution in [0.5, 0.6) is 0 Å². The van der Waals surface area contributed by atoms with Gasteiger partial charge in [-0.3, -0.25) is 4.98 Å². The average Bonchev–Trinajstić information content (AvgIpc) is 2.67. The van der Waals surface area contributed by atoms with Gasteiger partial charge in [0, 0.05) is 19.3 Å². The van der Waals surface area contributed by atoms with Gasteiger partial charge in [-0.1, -0.05) is 48.5 Å². The highest BCUT2D eigenvalue weighted by Gasteiger charge is 2.00. The maximum atomic E-state index is 4.60. The van der Waals surface area contributed by atoms with Crippen molar-refractivity contribution in [1.82, 2.24) is 15.6 Å². The van der Waals surface area contributed by atoms with Gasteiger partial charge in [0.15, 0.2) is 5.96 Å². The Balaban J connectivity index is 1.57. The fraction of sp³-hybridized carbons (Fsp3) is 0.238. The smallest absolute Gasteiger partial charge is 0.191 e. The molecular formula is C21H24N4. The number of rotatable bonds is 6. The number of nitrogens with one attached hydrogen (secondary N) is 2. The van der Waals surface area contributed by atoms with E-state index in [1.54, 1.807) is 6.20 Å². The van der Waals surface area contributed by atoms with E-state index in [-0.39, 0.29) is 0 Å². The van der Waals surface area contributed by atoms with Gasteiger partial charge in [0.2, 0.25) is 0 Å². The largest absolute Gasteiger partial charge is 0.357 e. The van der Waals surface area contributed by atoms with E-state index in [9.17, 15) is 0 Å². The maximum absolute atomic E-state index is 4.60. The van der Waals surface area contributed by atoms with E-state index in [1.807, 2.05) is 18.2 Å². The Labute approximate surface area is 149 Å². The standard InChI is InChI=1S/C21H24N4/c1-2-22-21(25-16-20-9-5-6-13-23-20)24-14-12-17-10-11-18-7-3-4-8-19(18)15-17/h3-11,13,15H,2,12,14,16H2,1H3,(H2,22,24,25). The summed E-state index contributed by atoms with van der Waals surface area (Å²) in [7, 11) is 0. The van der Waals surface area contributed by atoms with Crippen molar-refractivity contribution in [2.45, 2.75) is 19.9 Å². The normalized spacial score (nSPS) is 11.5. The number of benzene rings is 2. The summed E-state index contributed by atoms with van der Waals surface area (Å²) in [4.78, 5) is 8.90. The van der Waals surface area contributed by atoms with Crippen molar-refractivity contribution in [1.29, 1.82) is 0 Å². The van der Waals surface area contributed by atoms with Crippen LogP contribution in [0.4, 0.5) is 0 Å². The van der Waals surface area contributed by atoms with Crippen molar-refractivity contribution in [2.24, 2.45) is 4.99 Å². The van der Waals surface area contributed by atoms with Crippen LogP contribution in [0, 0.1) is 0 Å². The Hall–Kier alpha value is -2.88. The lowest BCUT2D eigenvalue weighted by molar-refractivity contribution is 0.797. The fourth-order valence-electron chi connectivity index (χ4n) is 2.71. The summed E-state index contributed by atoms with van der Waals surface area (Å²) in [5.74, 6) is 0.828. The lowest BCUT2D eigenvalue weighted by atomic mass is 10.1. The van der Waals surface area contributed by atoms with E-state index in [0.717, 1.165) is 31.2 Å². The zero-order valence-corrected chi connectivity index (χ0v) is 14.6. The predicted molar refractivity (Wildman–Crippen MR) is 105 cm³/mol. The third-order valence-electron chi connectivity index (χ3n) is 3.99. The molecule has 0 amide bonds. The second-order valence-corrected chi connectivity index (χ2v) is 5.87. The van der Waals surface area contributed by atoms with Crippen LogP contribution in [0.25, 0.3) is 10.8 Å². The third-order valence-corrected chi connectivity index (χ3v) is 3.99. The first-order valence-corrected chi connectivity index (χ1v) is 8.75. The zero-order chi connectivity index (χ0) is 17.3. The van der Waals surface area contributed by atoms with Crippen LogP contribution in [0.3, 0.4) is 0 Å². The lowest BCUT2D eigenvalue weighted by Gasteiger charge is -2.11. The molecule has 1 aromatic heterocycles. The molecule has 0 aliphatic carbocycles. The van der Waals surface area contributed by atoms with Gasteiger partial charge in [-0.05, 0) is 41.8 Å². The quantitative estimate of drug-likeness (QED) is 0.536. The molecule has 0 spiro atoms. The summed E-state index contributed by atoms with van der Waals surface area (Å²) < 4.78 is 0. The molecule has 0 fully saturated rings. The van der Waals surface area contributed by atoms with Gasteiger partial charge in [0.25, 0.3) is 0 Å². The molecule has 3 aromatic rings. The highest BCUT2D eigenvalue weighted by Crippen LogP contribution is 2.15. The first kappa shape index (κ1) is 17.0. The summed E-state index contributed by atoms with van der Waals surface area (Å²) in [5.41, 5.74) is 2.29. The fourth-order valence-corrected chi connectivity index (χ4v) is 2.71. The molecule has 4 heteroatoms. The number of guanidine groups is 1. The topological polar surface area (TPSA) is 49.3 Å². The molecule has 0 aliphatic heterocycles. The van der Waals surface area contributed by atoms with E-state index in [2.05, 4.69) is 70.0 Å². The van der Waals surface area contributed by atoms with Crippen molar-refractivity contribution in [3.8, 4) is 0 Å². The molecule has 0 aliphatic rings. The van der Waals surface area contributed by atoms with Crippen LogP contribution >= 0.6 is 0 Å². The van der Waals surface area contributed by atoms with Gasteiger partial charge in [0.1, 0.15) is 0 Å². The second kappa shape index (κ2) is 8.83. The number of aromatic nitrogens is 1.